The summed E-state index contributed by atoms with van der Waals surface area (Å²) >= 11 is 6.21. The van der Waals surface area contributed by atoms with Crippen LogP contribution in [0.2, 0.25) is 5.02 Å². The van der Waals surface area contributed by atoms with E-state index in [4.69, 9.17) is 11.6 Å². The standard InChI is InChI=1S/C14H18ClNO2S/c15-13-8-10(11-2-1-7-16-9-11)3-6-14(13)19(17,18)12-4-5-12/h3,6,8,11-12,16H,1-2,4-5,7,9H2. The molecule has 1 aliphatic carbocycles. The fourth-order valence-electron chi connectivity index (χ4n) is 2.70. The average molecular weight is 300 g/mol. The Morgan fingerprint density at radius 1 is 1.21 bits per heavy atom. The maximum Gasteiger partial charge on any atom is 0.182 e. The first-order valence-electron chi connectivity index (χ1n) is 6.83. The van der Waals surface area contributed by atoms with Crippen molar-refractivity contribution in [1.29, 1.82) is 0 Å². The van der Waals surface area contributed by atoms with Crippen LogP contribution in [-0.4, -0.2) is 26.8 Å². The Hall–Kier alpha value is -0.580. The molecule has 1 saturated heterocycles. The number of piperidine rings is 1. The van der Waals surface area contributed by atoms with Crippen LogP contribution in [0.3, 0.4) is 0 Å². The second-order valence-corrected chi connectivity index (χ2v) is 8.08. The van der Waals surface area contributed by atoms with E-state index >= 15 is 0 Å². The highest BCUT2D eigenvalue weighted by Crippen LogP contribution is 2.37. The van der Waals surface area contributed by atoms with Crippen molar-refractivity contribution in [3.63, 3.8) is 0 Å². The third kappa shape index (κ3) is 2.67. The lowest BCUT2D eigenvalue weighted by atomic mass is 9.92. The van der Waals surface area contributed by atoms with Gasteiger partial charge in [-0.3, -0.25) is 0 Å². The van der Waals surface area contributed by atoms with Crippen molar-refractivity contribution in [2.75, 3.05) is 13.1 Å². The highest BCUT2D eigenvalue weighted by Gasteiger charge is 2.38. The van der Waals surface area contributed by atoms with Crippen molar-refractivity contribution >= 4 is 21.4 Å². The van der Waals surface area contributed by atoms with E-state index in [0.717, 1.165) is 44.3 Å². The molecule has 1 atom stereocenters. The van der Waals surface area contributed by atoms with Gasteiger partial charge in [-0.2, -0.15) is 0 Å². The van der Waals surface area contributed by atoms with E-state index in [9.17, 15) is 8.42 Å². The summed E-state index contributed by atoms with van der Waals surface area (Å²) in [6, 6.07) is 5.47. The molecule has 2 aliphatic rings. The summed E-state index contributed by atoms with van der Waals surface area (Å²) in [5.74, 6) is 0.448. The number of hydrogen-bond donors (Lipinski definition) is 1. The van der Waals surface area contributed by atoms with E-state index < -0.39 is 9.84 Å². The first-order chi connectivity index (χ1) is 9.09. The molecule has 1 N–H and O–H groups in total. The summed E-state index contributed by atoms with van der Waals surface area (Å²) in [6.45, 7) is 2.02. The van der Waals surface area contributed by atoms with E-state index in [-0.39, 0.29) is 5.25 Å². The Kier molecular flexibility index (Phi) is 3.58. The van der Waals surface area contributed by atoms with Crippen LogP contribution in [0, 0.1) is 0 Å². The van der Waals surface area contributed by atoms with Gasteiger partial charge < -0.3 is 5.32 Å². The molecule has 104 valence electrons. The molecule has 2 fully saturated rings. The molecule has 19 heavy (non-hydrogen) atoms. The third-order valence-electron chi connectivity index (χ3n) is 3.99. The molecule has 1 aromatic carbocycles. The van der Waals surface area contributed by atoms with E-state index in [1.807, 2.05) is 12.1 Å². The Labute approximate surface area is 119 Å². The SMILES string of the molecule is O=S(=O)(c1ccc(C2CCCNC2)cc1Cl)C1CC1. The fourth-order valence-corrected chi connectivity index (χ4v) is 4.91. The largest absolute Gasteiger partial charge is 0.316 e. The molecular weight excluding hydrogens is 282 g/mol. The maximum atomic E-state index is 12.2. The number of halogens is 1. The summed E-state index contributed by atoms with van der Waals surface area (Å²) in [5.41, 5.74) is 1.15. The molecule has 5 heteroatoms. The van der Waals surface area contributed by atoms with Gasteiger partial charge in [0.05, 0.1) is 15.2 Å². The fraction of sp³-hybridized carbons (Fsp3) is 0.571. The zero-order valence-corrected chi connectivity index (χ0v) is 12.3. The lowest BCUT2D eigenvalue weighted by Gasteiger charge is -2.23. The number of nitrogens with one attached hydrogen (secondary N) is 1. The van der Waals surface area contributed by atoms with Gasteiger partial charge in [-0.25, -0.2) is 8.42 Å². The van der Waals surface area contributed by atoms with Gasteiger partial charge in [-0.05, 0) is 55.8 Å². The Morgan fingerprint density at radius 3 is 2.58 bits per heavy atom. The molecule has 1 heterocycles. The Balaban J connectivity index is 1.89. The van der Waals surface area contributed by atoms with Crippen LogP contribution >= 0.6 is 11.6 Å². The number of hydrogen-bond acceptors (Lipinski definition) is 3. The summed E-state index contributed by atoms with van der Waals surface area (Å²) in [4.78, 5) is 0.309. The zero-order chi connectivity index (χ0) is 13.5. The summed E-state index contributed by atoms with van der Waals surface area (Å²) < 4.78 is 24.4. The lowest BCUT2D eigenvalue weighted by Crippen LogP contribution is -2.28. The van der Waals surface area contributed by atoms with Crippen molar-refractivity contribution in [2.24, 2.45) is 0 Å². The van der Waals surface area contributed by atoms with Crippen molar-refractivity contribution < 1.29 is 8.42 Å². The molecule has 3 nitrogen and oxygen atoms in total. The zero-order valence-electron chi connectivity index (χ0n) is 10.7. The highest BCUT2D eigenvalue weighted by molar-refractivity contribution is 7.92. The molecule has 0 bridgehead atoms. The quantitative estimate of drug-likeness (QED) is 0.933. The first-order valence-corrected chi connectivity index (χ1v) is 8.75. The van der Waals surface area contributed by atoms with Crippen LogP contribution in [-0.2, 0) is 9.84 Å². The minimum absolute atomic E-state index is 0.202. The second-order valence-electron chi connectivity index (χ2n) is 5.48. The Morgan fingerprint density at radius 2 is 2.00 bits per heavy atom. The highest BCUT2D eigenvalue weighted by atomic mass is 35.5. The summed E-state index contributed by atoms with van der Waals surface area (Å²) in [5, 5.41) is 3.55. The minimum Gasteiger partial charge on any atom is -0.316 e. The van der Waals surface area contributed by atoms with E-state index in [1.54, 1.807) is 6.07 Å². The average Bonchev–Trinajstić information content (AvgIpc) is 3.24. The number of rotatable bonds is 3. The van der Waals surface area contributed by atoms with Crippen LogP contribution in [0.5, 0.6) is 0 Å². The molecule has 0 aromatic heterocycles. The minimum atomic E-state index is -3.19. The predicted octanol–water partition coefficient (Wildman–Crippen LogP) is 2.74. The molecule has 0 spiro atoms. The number of sulfone groups is 1. The van der Waals surface area contributed by atoms with Gasteiger partial charge in [0.15, 0.2) is 9.84 Å². The molecule has 1 unspecified atom stereocenters. The van der Waals surface area contributed by atoms with Gasteiger partial charge in [-0.1, -0.05) is 17.7 Å². The van der Waals surface area contributed by atoms with Gasteiger partial charge in [0.2, 0.25) is 0 Å². The first kappa shape index (κ1) is 13.4. The smallest absolute Gasteiger partial charge is 0.182 e. The lowest BCUT2D eigenvalue weighted by molar-refractivity contribution is 0.461. The van der Waals surface area contributed by atoms with Crippen LogP contribution < -0.4 is 5.32 Å². The number of benzene rings is 1. The van der Waals surface area contributed by atoms with Gasteiger partial charge >= 0.3 is 0 Å². The normalized spacial score (nSPS) is 24.4. The van der Waals surface area contributed by atoms with Crippen molar-refractivity contribution in [3.05, 3.63) is 28.8 Å². The summed E-state index contributed by atoms with van der Waals surface area (Å²) in [6.07, 6.45) is 3.84. The molecule has 0 radical (unpaired) electrons. The van der Waals surface area contributed by atoms with Crippen LogP contribution in [0.1, 0.15) is 37.2 Å². The molecule has 1 saturated carbocycles. The van der Waals surface area contributed by atoms with E-state index in [1.165, 1.54) is 0 Å². The van der Waals surface area contributed by atoms with Gasteiger partial charge in [0.1, 0.15) is 0 Å². The van der Waals surface area contributed by atoms with E-state index in [2.05, 4.69) is 5.32 Å². The predicted molar refractivity (Wildman–Crippen MR) is 76.5 cm³/mol. The van der Waals surface area contributed by atoms with Gasteiger partial charge in [0, 0.05) is 6.54 Å². The molecule has 3 rings (SSSR count). The second kappa shape index (κ2) is 5.08. The van der Waals surface area contributed by atoms with Crippen LogP contribution in [0.15, 0.2) is 23.1 Å². The molecule has 0 amide bonds. The monoisotopic (exact) mass is 299 g/mol. The summed E-state index contributed by atoms with van der Waals surface area (Å²) in [7, 11) is -3.19. The van der Waals surface area contributed by atoms with Crippen molar-refractivity contribution in [1.82, 2.24) is 5.32 Å². The Bertz CT molecular complexity index is 575. The van der Waals surface area contributed by atoms with Crippen molar-refractivity contribution in [2.45, 2.75) is 41.7 Å². The molecule has 1 aromatic rings. The molecular formula is C14H18ClNO2S. The third-order valence-corrected chi connectivity index (χ3v) is 6.74. The van der Waals surface area contributed by atoms with Gasteiger partial charge in [0.25, 0.3) is 0 Å². The van der Waals surface area contributed by atoms with Crippen LogP contribution in [0.25, 0.3) is 0 Å². The van der Waals surface area contributed by atoms with E-state index in [0.29, 0.717) is 15.8 Å². The van der Waals surface area contributed by atoms with Gasteiger partial charge in [-0.15, -0.1) is 0 Å². The topological polar surface area (TPSA) is 46.2 Å². The molecule has 1 aliphatic heterocycles. The van der Waals surface area contributed by atoms with Crippen molar-refractivity contribution in [3.8, 4) is 0 Å². The maximum absolute atomic E-state index is 12.2. The van der Waals surface area contributed by atoms with Crippen LogP contribution in [0.4, 0.5) is 0 Å².